The molecule has 0 bridgehead atoms. The normalized spacial score (nSPS) is 10.9. The summed E-state index contributed by atoms with van der Waals surface area (Å²) in [5, 5.41) is 2.75. The Balaban J connectivity index is 1.37. The smallest absolute Gasteiger partial charge is 0.258 e. The first kappa shape index (κ1) is 20.4. The van der Waals surface area contributed by atoms with Crippen LogP contribution in [0.4, 0.5) is 10.1 Å². The molecule has 0 saturated heterocycles. The highest BCUT2D eigenvalue weighted by atomic mass is 32.2. The third-order valence-electron chi connectivity index (χ3n) is 4.41. The average Bonchev–Trinajstić information content (AvgIpc) is 3.14. The number of fused-ring (bicyclic) bond motifs is 1. The van der Waals surface area contributed by atoms with E-state index in [1.807, 2.05) is 43.3 Å². The number of anilines is 1. The number of aromatic nitrogens is 1. The number of carbonyl (C=O) groups is 1. The number of para-hydroxylation sites is 1. The summed E-state index contributed by atoms with van der Waals surface area (Å²) in [6.07, 6.45) is 0. The molecule has 30 heavy (non-hydrogen) atoms. The van der Waals surface area contributed by atoms with Gasteiger partial charge in [-0.2, -0.15) is 0 Å². The molecule has 1 heterocycles. The molecule has 1 amide bonds. The molecule has 1 aromatic heterocycles. The molecule has 3 aromatic carbocycles. The third kappa shape index (κ3) is 4.80. The van der Waals surface area contributed by atoms with Crippen molar-refractivity contribution >= 4 is 44.9 Å². The van der Waals surface area contributed by atoms with Gasteiger partial charge in [0, 0.05) is 11.4 Å². The zero-order valence-corrected chi connectivity index (χ0v) is 17.9. The van der Waals surface area contributed by atoms with Crippen molar-refractivity contribution in [3.63, 3.8) is 0 Å². The molecule has 0 unspecified atom stereocenters. The summed E-state index contributed by atoms with van der Waals surface area (Å²) in [4.78, 5) is 16.9. The Labute approximate surface area is 182 Å². The summed E-state index contributed by atoms with van der Waals surface area (Å²) in [7, 11) is 0. The lowest BCUT2D eigenvalue weighted by molar-refractivity contribution is 0.102. The van der Waals surface area contributed by atoms with Crippen molar-refractivity contribution < 1.29 is 13.9 Å². The number of benzene rings is 3. The molecule has 1 N–H and O–H groups in total. The summed E-state index contributed by atoms with van der Waals surface area (Å²) in [5.74, 6) is 0.670. The van der Waals surface area contributed by atoms with E-state index in [0.29, 0.717) is 12.3 Å². The lowest BCUT2D eigenvalue weighted by Gasteiger charge is -2.07. The number of halogens is 1. The van der Waals surface area contributed by atoms with Crippen molar-refractivity contribution in [1.82, 2.24) is 4.98 Å². The number of hydrogen-bond donors (Lipinski definition) is 1. The number of nitrogens with one attached hydrogen (secondary N) is 1. The Hall–Kier alpha value is -2.90. The van der Waals surface area contributed by atoms with Gasteiger partial charge in [0.15, 0.2) is 4.34 Å². The number of ether oxygens (including phenoxy) is 1. The van der Waals surface area contributed by atoms with Crippen molar-refractivity contribution in [3.8, 4) is 5.75 Å². The molecule has 152 valence electrons. The van der Waals surface area contributed by atoms with Gasteiger partial charge in [-0.1, -0.05) is 42.1 Å². The van der Waals surface area contributed by atoms with Gasteiger partial charge in [0.2, 0.25) is 0 Å². The Morgan fingerprint density at radius 3 is 2.77 bits per heavy atom. The fraction of sp³-hybridized carbons (Fsp3) is 0.130. The summed E-state index contributed by atoms with van der Waals surface area (Å²) < 4.78 is 21.5. The van der Waals surface area contributed by atoms with Gasteiger partial charge in [-0.05, 0) is 48.9 Å². The van der Waals surface area contributed by atoms with Crippen LogP contribution in [0.1, 0.15) is 15.9 Å². The van der Waals surface area contributed by atoms with Crippen LogP contribution in [0.25, 0.3) is 10.2 Å². The maximum absolute atomic E-state index is 13.8. The first-order valence-electron chi connectivity index (χ1n) is 9.38. The van der Waals surface area contributed by atoms with Crippen LogP contribution in [0, 0.1) is 12.7 Å². The van der Waals surface area contributed by atoms with Crippen molar-refractivity contribution in [3.05, 3.63) is 83.7 Å². The van der Waals surface area contributed by atoms with Crippen LogP contribution in [-0.4, -0.2) is 23.3 Å². The van der Waals surface area contributed by atoms with E-state index in [9.17, 15) is 9.18 Å². The predicted molar refractivity (Wildman–Crippen MR) is 121 cm³/mol. The van der Waals surface area contributed by atoms with E-state index in [2.05, 4.69) is 10.3 Å². The fourth-order valence-corrected chi connectivity index (χ4v) is 4.88. The van der Waals surface area contributed by atoms with Crippen molar-refractivity contribution in [2.24, 2.45) is 0 Å². The molecule has 0 aliphatic carbocycles. The van der Waals surface area contributed by atoms with Gasteiger partial charge in [-0.25, -0.2) is 9.37 Å². The molecular weight excluding hydrogens is 419 g/mol. The number of hydrogen-bond acceptors (Lipinski definition) is 5. The monoisotopic (exact) mass is 438 g/mol. The zero-order chi connectivity index (χ0) is 20.9. The Kier molecular flexibility index (Phi) is 6.30. The van der Waals surface area contributed by atoms with E-state index >= 15 is 0 Å². The first-order valence-corrected chi connectivity index (χ1v) is 11.2. The minimum Gasteiger partial charge on any atom is -0.492 e. The van der Waals surface area contributed by atoms with Gasteiger partial charge in [0.05, 0.1) is 22.4 Å². The summed E-state index contributed by atoms with van der Waals surface area (Å²) in [6, 6.07) is 19.4. The third-order valence-corrected chi connectivity index (χ3v) is 6.53. The van der Waals surface area contributed by atoms with Gasteiger partial charge in [-0.15, -0.1) is 11.3 Å². The van der Waals surface area contributed by atoms with E-state index < -0.39 is 11.7 Å². The van der Waals surface area contributed by atoms with Crippen molar-refractivity contribution in [1.29, 1.82) is 0 Å². The fourth-order valence-electron chi connectivity index (χ4n) is 2.89. The number of carbonyl (C=O) groups excluding carboxylic acids is 1. The topological polar surface area (TPSA) is 51.2 Å². The van der Waals surface area contributed by atoms with Crippen LogP contribution in [0.3, 0.4) is 0 Å². The highest BCUT2D eigenvalue weighted by Gasteiger charge is 2.12. The second-order valence-electron chi connectivity index (χ2n) is 6.56. The molecule has 4 nitrogen and oxygen atoms in total. The van der Waals surface area contributed by atoms with Crippen LogP contribution in [0.15, 0.2) is 71.1 Å². The molecule has 0 saturated carbocycles. The Bertz CT molecular complexity index is 1190. The maximum Gasteiger partial charge on any atom is 0.258 e. The largest absolute Gasteiger partial charge is 0.492 e. The van der Waals surface area contributed by atoms with Crippen molar-refractivity contribution in [2.75, 3.05) is 17.7 Å². The lowest BCUT2D eigenvalue weighted by Crippen LogP contribution is -2.13. The van der Waals surface area contributed by atoms with E-state index in [0.717, 1.165) is 31.6 Å². The van der Waals surface area contributed by atoms with Gasteiger partial charge in [0.25, 0.3) is 5.91 Å². The van der Waals surface area contributed by atoms with Gasteiger partial charge < -0.3 is 10.1 Å². The molecule has 0 aliphatic rings. The quantitative estimate of drug-likeness (QED) is 0.277. The predicted octanol–water partition coefficient (Wildman–Crippen LogP) is 6.17. The molecule has 4 rings (SSSR count). The summed E-state index contributed by atoms with van der Waals surface area (Å²) >= 11 is 3.19. The summed E-state index contributed by atoms with van der Waals surface area (Å²) in [5.41, 5.74) is 2.62. The minimum absolute atomic E-state index is 0.0202. The molecule has 7 heteroatoms. The molecule has 0 aliphatic heterocycles. The Morgan fingerprint density at radius 2 is 1.93 bits per heavy atom. The van der Waals surface area contributed by atoms with E-state index in [1.165, 1.54) is 12.1 Å². The number of thioether (sulfide) groups is 1. The van der Waals surface area contributed by atoms with Crippen LogP contribution in [0.5, 0.6) is 5.75 Å². The van der Waals surface area contributed by atoms with E-state index in [1.54, 1.807) is 41.3 Å². The van der Waals surface area contributed by atoms with Crippen LogP contribution >= 0.6 is 23.1 Å². The maximum atomic E-state index is 13.8. The standard InChI is InChI=1S/C23H19FN2O2S2/c1-15-6-2-5-9-20(15)28-12-13-29-23-26-19-11-10-16(14-21(19)30-23)25-22(27)17-7-3-4-8-18(17)24/h2-11,14H,12-13H2,1H3,(H,25,27). The highest BCUT2D eigenvalue weighted by molar-refractivity contribution is 8.01. The first-order chi connectivity index (χ1) is 14.6. The second-order valence-corrected chi connectivity index (χ2v) is 8.93. The number of aryl methyl sites for hydroxylation is 1. The molecule has 0 radical (unpaired) electrons. The molecular formula is C23H19FN2O2S2. The van der Waals surface area contributed by atoms with Crippen LogP contribution < -0.4 is 10.1 Å². The van der Waals surface area contributed by atoms with E-state index in [-0.39, 0.29) is 5.56 Å². The molecule has 0 atom stereocenters. The average molecular weight is 439 g/mol. The SMILES string of the molecule is Cc1ccccc1OCCSc1nc2ccc(NC(=O)c3ccccc3F)cc2s1. The molecule has 0 fully saturated rings. The second kappa shape index (κ2) is 9.28. The number of thiazole rings is 1. The number of nitrogens with zero attached hydrogens (tertiary/aromatic N) is 1. The van der Waals surface area contributed by atoms with E-state index in [4.69, 9.17) is 4.74 Å². The van der Waals surface area contributed by atoms with Gasteiger partial charge in [-0.3, -0.25) is 4.79 Å². The van der Waals surface area contributed by atoms with Crippen molar-refractivity contribution in [2.45, 2.75) is 11.3 Å². The number of amides is 1. The van der Waals surface area contributed by atoms with Gasteiger partial charge >= 0.3 is 0 Å². The van der Waals surface area contributed by atoms with Gasteiger partial charge in [0.1, 0.15) is 11.6 Å². The van der Waals surface area contributed by atoms with Crippen LogP contribution in [0.2, 0.25) is 0 Å². The summed E-state index contributed by atoms with van der Waals surface area (Å²) in [6.45, 7) is 2.62. The molecule has 0 spiro atoms. The van der Waals surface area contributed by atoms with Crippen LogP contribution in [-0.2, 0) is 0 Å². The minimum atomic E-state index is -0.541. The number of rotatable bonds is 7. The highest BCUT2D eigenvalue weighted by Crippen LogP contribution is 2.31. The molecule has 4 aromatic rings. The lowest BCUT2D eigenvalue weighted by atomic mass is 10.2. The zero-order valence-electron chi connectivity index (χ0n) is 16.2. The Morgan fingerprint density at radius 1 is 1.13 bits per heavy atom.